The van der Waals surface area contributed by atoms with Crippen molar-refractivity contribution >= 4 is 27.8 Å². The third-order valence-corrected chi connectivity index (χ3v) is 12.7. The predicted molar refractivity (Wildman–Crippen MR) is 238 cm³/mol. The smallest absolute Gasteiger partial charge is 0.0540 e. The van der Waals surface area contributed by atoms with Crippen LogP contribution >= 0.6 is 0 Å². The Morgan fingerprint density at radius 3 is 1.71 bits per heavy atom. The van der Waals surface area contributed by atoms with Crippen LogP contribution in [0.1, 0.15) is 68.6 Å². The molecule has 0 atom stereocenters. The maximum atomic E-state index is 2.51. The van der Waals surface area contributed by atoms with E-state index < -0.39 is 0 Å². The average molecular weight is 722 g/mol. The molecule has 8 aromatic carbocycles. The van der Waals surface area contributed by atoms with Gasteiger partial charge in [-0.25, -0.2) is 0 Å². The molecule has 8 aromatic rings. The van der Waals surface area contributed by atoms with Crippen molar-refractivity contribution < 1.29 is 0 Å². The van der Waals surface area contributed by atoms with Crippen molar-refractivity contribution in [2.45, 2.75) is 57.3 Å². The first-order chi connectivity index (χ1) is 27.6. The van der Waals surface area contributed by atoms with Crippen LogP contribution in [0, 0.1) is 0 Å². The summed E-state index contributed by atoms with van der Waals surface area (Å²) in [7, 11) is 0. The monoisotopic (exact) mass is 721 g/mol. The van der Waals surface area contributed by atoms with Crippen molar-refractivity contribution in [2.75, 3.05) is 4.90 Å². The standard InChI is InChI=1S/C55H47N/c1-55(2)51-29-13-12-23-48(51)49-36-35-43(37-52(49)55)56(53-30-16-27-47-44(24-14-28-50(47)53)38-17-6-3-7-18-38)42-33-31-41(32-34-42)54-45(39-19-8-4-9-20-39)25-15-26-46(54)40-21-10-5-11-22-40/h4-5,8-16,19-38H,3,6-7,17-18H2,1-2H3. The minimum Gasteiger partial charge on any atom is -0.310 e. The Balaban J connectivity index is 1.16. The van der Waals surface area contributed by atoms with E-state index in [2.05, 4.69) is 201 Å². The fourth-order valence-electron chi connectivity index (χ4n) is 9.90. The second-order valence-corrected chi connectivity index (χ2v) is 16.3. The van der Waals surface area contributed by atoms with E-state index in [1.807, 2.05) is 0 Å². The van der Waals surface area contributed by atoms with Gasteiger partial charge in [-0.05, 0) is 116 Å². The maximum absolute atomic E-state index is 2.51. The molecule has 0 unspecified atom stereocenters. The SMILES string of the molecule is CC1(C)c2ccccc2-c2ccc(N(c3ccc(-c4c(-c5ccccc5)cccc4-c4ccccc4)cc3)c3cccc4c(C5CCCCC5)cccc34)cc21. The Morgan fingerprint density at radius 1 is 0.429 bits per heavy atom. The summed E-state index contributed by atoms with van der Waals surface area (Å²) in [5, 5.41) is 2.69. The zero-order valence-electron chi connectivity index (χ0n) is 32.4. The molecule has 56 heavy (non-hydrogen) atoms. The van der Waals surface area contributed by atoms with Gasteiger partial charge in [0.05, 0.1) is 5.69 Å². The zero-order chi connectivity index (χ0) is 37.6. The number of hydrogen-bond acceptors (Lipinski definition) is 1. The number of hydrogen-bond donors (Lipinski definition) is 0. The van der Waals surface area contributed by atoms with E-state index in [-0.39, 0.29) is 5.41 Å². The van der Waals surface area contributed by atoms with Gasteiger partial charge in [-0.3, -0.25) is 0 Å². The van der Waals surface area contributed by atoms with Gasteiger partial charge in [-0.2, -0.15) is 0 Å². The number of rotatable bonds is 7. The molecule has 0 spiro atoms. The van der Waals surface area contributed by atoms with Crippen molar-refractivity contribution in [3.63, 3.8) is 0 Å². The Bertz CT molecular complexity index is 2620. The molecule has 10 rings (SSSR count). The van der Waals surface area contributed by atoms with Crippen LogP contribution in [-0.4, -0.2) is 0 Å². The van der Waals surface area contributed by atoms with E-state index in [9.17, 15) is 0 Å². The third-order valence-electron chi connectivity index (χ3n) is 12.7. The molecular weight excluding hydrogens is 675 g/mol. The summed E-state index contributed by atoms with van der Waals surface area (Å²) in [6.07, 6.45) is 6.57. The van der Waals surface area contributed by atoms with Crippen LogP contribution in [0.2, 0.25) is 0 Å². The second kappa shape index (κ2) is 14.2. The van der Waals surface area contributed by atoms with Gasteiger partial charge >= 0.3 is 0 Å². The molecule has 0 aliphatic heterocycles. The largest absolute Gasteiger partial charge is 0.310 e. The fraction of sp³-hybridized carbons (Fsp3) is 0.164. The van der Waals surface area contributed by atoms with E-state index in [0.29, 0.717) is 5.92 Å². The highest BCUT2D eigenvalue weighted by molar-refractivity contribution is 6.02. The highest BCUT2D eigenvalue weighted by Crippen LogP contribution is 2.51. The van der Waals surface area contributed by atoms with Crippen molar-refractivity contribution in [2.24, 2.45) is 0 Å². The Hall–Kier alpha value is -6.18. The van der Waals surface area contributed by atoms with Crippen LogP contribution in [-0.2, 0) is 5.41 Å². The van der Waals surface area contributed by atoms with Gasteiger partial charge < -0.3 is 4.90 Å². The third kappa shape index (κ3) is 5.85. The Kier molecular flexibility index (Phi) is 8.67. The molecule has 2 aliphatic carbocycles. The predicted octanol–water partition coefficient (Wildman–Crippen LogP) is 15.7. The summed E-state index contributed by atoms with van der Waals surface area (Å²) in [6.45, 7) is 4.76. The van der Waals surface area contributed by atoms with Crippen LogP contribution in [0.3, 0.4) is 0 Å². The summed E-state index contributed by atoms with van der Waals surface area (Å²) in [5.41, 5.74) is 17.8. The van der Waals surface area contributed by atoms with E-state index in [4.69, 9.17) is 0 Å². The molecule has 1 heteroatoms. The maximum Gasteiger partial charge on any atom is 0.0540 e. The number of benzene rings is 8. The second-order valence-electron chi connectivity index (χ2n) is 16.3. The molecule has 2 aliphatic rings. The minimum absolute atomic E-state index is 0.0979. The van der Waals surface area contributed by atoms with Crippen LogP contribution < -0.4 is 4.90 Å². The molecule has 0 bridgehead atoms. The lowest BCUT2D eigenvalue weighted by Gasteiger charge is -2.30. The first-order valence-electron chi connectivity index (χ1n) is 20.5. The van der Waals surface area contributed by atoms with Gasteiger partial charge in [0.2, 0.25) is 0 Å². The van der Waals surface area contributed by atoms with Crippen LogP contribution in [0.15, 0.2) is 182 Å². The summed E-state index contributed by atoms with van der Waals surface area (Å²) < 4.78 is 0. The van der Waals surface area contributed by atoms with Crippen molar-refractivity contribution in [3.05, 3.63) is 199 Å². The number of anilines is 3. The molecule has 1 nitrogen and oxygen atoms in total. The van der Waals surface area contributed by atoms with Gasteiger partial charge in [-0.15, -0.1) is 0 Å². The molecule has 1 saturated carbocycles. The lowest BCUT2D eigenvalue weighted by molar-refractivity contribution is 0.445. The zero-order valence-corrected chi connectivity index (χ0v) is 32.4. The fourth-order valence-corrected chi connectivity index (χ4v) is 9.90. The number of nitrogens with zero attached hydrogens (tertiary/aromatic N) is 1. The van der Waals surface area contributed by atoms with E-state index >= 15 is 0 Å². The molecule has 0 aromatic heterocycles. The molecule has 272 valence electrons. The molecule has 0 radical (unpaired) electrons. The Morgan fingerprint density at radius 2 is 1.00 bits per heavy atom. The van der Waals surface area contributed by atoms with E-state index in [1.54, 1.807) is 0 Å². The van der Waals surface area contributed by atoms with Crippen molar-refractivity contribution in [3.8, 4) is 44.5 Å². The van der Waals surface area contributed by atoms with Crippen molar-refractivity contribution in [1.82, 2.24) is 0 Å². The van der Waals surface area contributed by atoms with Gasteiger partial charge in [0.1, 0.15) is 0 Å². The molecular formula is C55H47N. The molecule has 0 amide bonds. The molecule has 0 saturated heterocycles. The highest BCUT2D eigenvalue weighted by atomic mass is 15.1. The van der Waals surface area contributed by atoms with Crippen LogP contribution in [0.25, 0.3) is 55.3 Å². The van der Waals surface area contributed by atoms with Gasteiger partial charge in [0.15, 0.2) is 0 Å². The molecule has 0 N–H and O–H groups in total. The lowest BCUT2D eigenvalue weighted by atomic mass is 9.82. The summed E-state index contributed by atoms with van der Waals surface area (Å²) in [6, 6.07) is 67.8. The summed E-state index contributed by atoms with van der Waals surface area (Å²) in [5.74, 6) is 0.623. The quantitative estimate of drug-likeness (QED) is 0.158. The molecule has 1 fully saturated rings. The first kappa shape index (κ1) is 34.3. The van der Waals surface area contributed by atoms with Crippen molar-refractivity contribution in [1.29, 1.82) is 0 Å². The van der Waals surface area contributed by atoms with Crippen LogP contribution in [0.5, 0.6) is 0 Å². The summed E-state index contributed by atoms with van der Waals surface area (Å²) >= 11 is 0. The minimum atomic E-state index is -0.0979. The van der Waals surface area contributed by atoms with Crippen LogP contribution in [0.4, 0.5) is 17.1 Å². The normalized spacial score (nSPS) is 14.7. The Labute approximate surface area is 331 Å². The average Bonchev–Trinajstić information content (AvgIpc) is 3.50. The van der Waals surface area contributed by atoms with Gasteiger partial charge in [-0.1, -0.05) is 185 Å². The van der Waals surface area contributed by atoms with E-state index in [0.717, 1.165) is 5.69 Å². The van der Waals surface area contributed by atoms with E-state index in [1.165, 1.54) is 115 Å². The first-order valence-corrected chi connectivity index (χ1v) is 20.5. The lowest BCUT2D eigenvalue weighted by Crippen LogP contribution is -2.16. The number of fused-ring (bicyclic) bond motifs is 4. The topological polar surface area (TPSA) is 3.24 Å². The van der Waals surface area contributed by atoms with Gasteiger partial charge in [0, 0.05) is 22.2 Å². The molecule has 0 heterocycles. The summed E-state index contributed by atoms with van der Waals surface area (Å²) in [4.78, 5) is 2.51. The van der Waals surface area contributed by atoms with Gasteiger partial charge in [0.25, 0.3) is 0 Å². The highest BCUT2D eigenvalue weighted by Gasteiger charge is 2.36.